The lowest BCUT2D eigenvalue weighted by atomic mass is 10.1. The maximum absolute atomic E-state index is 5.85. The zero-order valence-electron chi connectivity index (χ0n) is 8.62. The van der Waals surface area contributed by atoms with Crippen molar-refractivity contribution in [2.75, 3.05) is 7.05 Å². The molecule has 13 heavy (non-hydrogen) atoms. The molecule has 0 aromatic carbocycles. The minimum atomic E-state index is -0.0884. The van der Waals surface area contributed by atoms with Gasteiger partial charge in [0.25, 0.3) is 0 Å². The largest absolute Gasteiger partial charge is 0.450 e. The lowest BCUT2D eigenvalue weighted by Gasteiger charge is -2.12. The van der Waals surface area contributed by atoms with E-state index in [4.69, 9.17) is 10.5 Å². The molecular weight excluding hydrogens is 164 g/mol. The Morgan fingerprint density at radius 3 is 2.77 bits per heavy atom. The van der Waals surface area contributed by atoms with Crippen LogP contribution in [0.25, 0.3) is 0 Å². The lowest BCUT2D eigenvalue weighted by Crippen LogP contribution is -2.31. The Labute approximate surface area is 80.7 Å². The van der Waals surface area contributed by atoms with Crippen LogP contribution in [0.5, 0.6) is 0 Å². The first-order chi connectivity index (χ1) is 6.26. The number of nitrogens with two attached hydrogens (primary N) is 1. The number of rotatable bonds is 6. The molecule has 0 rings (SSSR count). The monoisotopic (exact) mass is 184 g/mol. The van der Waals surface area contributed by atoms with E-state index in [0.29, 0.717) is 5.90 Å². The minimum absolute atomic E-state index is 0.0884. The second-order valence-corrected chi connectivity index (χ2v) is 2.95. The molecule has 1 atom stereocenters. The number of nitrogens with zero attached hydrogens (tertiary/aromatic N) is 1. The van der Waals surface area contributed by atoms with Crippen LogP contribution in [0.3, 0.4) is 0 Å². The van der Waals surface area contributed by atoms with Gasteiger partial charge in [0, 0.05) is 7.05 Å². The van der Waals surface area contributed by atoms with Gasteiger partial charge in [-0.3, -0.25) is 4.99 Å². The van der Waals surface area contributed by atoms with Gasteiger partial charge in [0.1, 0.15) is 0 Å². The fourth-order valence-corrected chi connectivity index (χ4v) is 1.13. The maximum Gasteiger partial charge on any atom is 0.205 e. The molecule has 0 heterocycles. The average molecular weight is 184 g/mol. The van der Waals surface area contributed by atoms with Crippen molar-refractivity contribution < 1.29 is 4.74 Å². The molecule has 0 spiro atoms. The van der Waals surface area contributed by atoms with Crippen molar-refractivity contribution in [2.45, 2.75) is 38.6 Å². The third-order valence-electron chi connectivity index (χ3n) is 1.86. The molecule has 0 aliphatic heterocycles. The van der Waals surface area contributed by atoms with Crippen LogP contribution in [0.2, 0.25) is 0 Å². The number of unbranched alkanes of at least 4 members (excludes halogenated alkanes) is 2. The summed E-state index contributed by atoms with van der Waals surface area (Å²) >= 11 is 0. The predicted molar refractivity (Wildman–Crippen MR) is 56.8 cm³/mol. The van der Waals surface area contributed by atoms with E-state index in [-0.39, 0.29) is 6.04 Å². The first kappa shape index (κ1) is 12.2. The van der Waals surface area contributed by atoms with E-state index < -0.39 is 0 Å². The summed E-state index contributed by atoms with van der Waals surface area (Å²) in [4.78, 5) is 3.95. The van der Waals surface area contributed by atoms with Gasteiger partial charge in [-0.25, -0.2) is 0 Å². The lowest BCUT2D eigenvalue weighted by molar-refractivity contribution is 0.435. The molecule has 2 N–H and O–H groups in total. The Morgan fingerprint density at radius 2 is 2.31 bits per heavy atom. The van der Waals surface area contributed by atoms with E-state index in [1.165, 1.54) is 19.1 Å². The molecule has 0 amide bonds. The van der Waals surface area contributed by atoms with Crippen LogP contribution in [0.1, 0.15) is 32.6 Å². The second kappa shape index (κ2) is 7.80. The standard InChI is InChI=1S/C10H20N2O/c1-4-6-7-8-9(11)10(12-3)13-5-2/h5,9H,2,4,6-8,11H2,1,3H3. The molecule has 0 bridgehead atoms. The molecular formula is C10H20N2O. The van der Waals surface area contributed by atoms with Gasteiger partial charge in [-0.05, 0) is 6.42 Å². The highest BCUT2D eigenvalue weighted by Crippen LogP contribution is 2.04. The Hall–Kier alpha value is -0.830. The topological polar surface area (TPSA) is 47.6 Å². The van der Waals surface area contributed by atoms with Crippen LogP contribution in [0.15, 0.2) is 17.8 Å². The zero-order valence-corrected chi connectivity index (χ0v) is 8.62. The Morgan fingerprint density at radius 1 is 1.62 bits per heavy atom. The Kier molecular flexibility index (Phi) is 7.30. The minimum Gasteiger partial charge on any atom is -0.450 e. The van der Waals surface area contributed by atoms with Gasteiger partial charge in [0.2, 0.25) is 5.90 Å². The molecule has 0 aromatic heterocycles. The summed E-state index contributed by atoms with van der Waals surface area (Å²) < 4.78 is 5.07. The highest BCUT2D eigenvalue weighted by atomic mass is 16.5. The smallest absolute Gasteiger partial charge is 0.205 e. The van der Waals surface area contributed by atoms with Gasteiger partial charge in [-0.15, -0.1) is 0 Å². The normalized spacial score (nSPS) is 13.9. The summed E-state index contributed by atoms with van der Waals surface area (Å²) in [5.74, 6) is 0.575. The van der Waals surface area contributed by atoms with Crippen molar-refractivity contribution in [1.82, 2.24) is 0 Å². The first-order valence-corrected chi connectivity index (χ1v) is 4.76. The molecule has 3 heteroatoms. The van der Waals surface area contributed by atoms with Crippen LogP contribution < -0.4 is 5.73 Å². The quantitative estimate of drug-likeness (QED) is 0.297. The third kappa shape index (κ3) is 5.42. The number of aliphatic imine (C=N–C) groups is 1. The van der Waals surface area contributed by atoms with E-state index in [9.17, 15) is 0 Å². The summed E-state index contributed by atoms with van der Waals surface area (Å²) in [5, 5.41) is 0. The van der Waals surface area contributed by atoms with Crippen LogP contribution in [-0.4, -0.2) is 19.0 Å². The summed E-state index contributed by atoms with van der Waals surface area (Å²) in [7, 11) is 1.68. The van der Waals surface area contributed by atoms with Gasteiger partial charge in [-0.1, -0.05) is 32.8 Å². The van der Waals surface area contributed by atoms with Crippen molar-refractivity contribution in [3.63, 3.8) is 0 Å². The summed E-state index contributed by atoms with van der Waals surface area (Å²) in [6.45, 7) is 5.64. The molecule has 0 radical (unpaired) electrons. The molecule has 76 valence electrons. The summed E-state index contributed by atoms with van der Waals surface area (Å²) in [6.07, 6.45) is 5.82. The van der Waals surface area contributed by atoms with Crippen LogP contribution in [-0.2, 0) is 4.74 Å². The van der Waals surface area contributed by atoms with Crippen molar-refractivity contribution in [3.8, 4) is 0 Å². The summed E-state index contributed by atoms with van der Waals surface area (Å²) in [6, 6.07) is -0.0884. The third-order valence-corrected chi connectivity index (χ3v) is 1.86. The second-order valence-electron chi connectivity index (χ2n) is 2.95. The van der Waals surface area contributed by atoms with Crippen molar-refractivity contribution in [1.29, 1.82) is 0 Å². The average Bonchev–Trinajstić information content (AvgIpc) is 2.14. The number of ether oxygens (including phenoxy) is 1. The van der Waals surface area contributed by atoms with Gasteiger partial charge >= 0.3 is 0 Å². The highest BCUT2D eigenvalue weighted by Gasteiger charge is 2.09. The molecule has 1 unspecified atom stereocenters. The van der Waals surface area contributed by atoms with Gasteiger partial charge < -0.3 is 10.5 Å². The predicted octanol–water partition coefficient (Wildman–Crippen LogP) is 2.08. The van der Waals surface area contributed by atoms with Crippen LogP contribution in [0, 0.1) is 0 Å². The van der Waals surface area contributed by atoms with Crippen molar-refractivity contribution in [3.05, 3.63) is 12.8 Å². The zero-order chi connectivity index (χ0) is 10.1. The van der Waals surface area contributed by atoms with Gasteiger partial charge in [0.05, 0.1) is 12.3 Å². The molecule has 0 aromatic rings. The van der Waals surface area contributed by atoms with E-state index >= 15 is 0 Å². The molecule has 0 aliphatic carbocycles. The van der Waals surface area contributed by atoms with E-state index in [0.717, 1.165) is 12.8 Å². The number of hydrogen-bond acceptors (Lipinski definition) is 3. The van der Waals surface area contributed by atoms with E-state index in [1.54, 1.807) is 7.05 Å². The van der Waals surface area contributed by atoms with Crippen LogP contribution >= 0.6 is 0 Å². The van der Waals surface area contributed by atoms with Gasteiger partial charge in [0.15, 0.2) is 0 Å². The first-order valence-electron chi connectivity index (χ1n) is 4.76. The molecule has 3 nitrogen and oxygen atoms in total. The molecule has 0 aliphatic rings. The summed E-state index contributed by atoms with van der Waals surface area (Å²) in [5.41, 5.74) is 5.85. The maximum atomic E-state index is 5.85. The van der Waals surface area contributed by atoms with Crippen LogP contribution in [0.4, 0.5) is 0 Å². The fraction of sp³-hybridized carbons (Fsp3) is 0.700. The Bertz CT molecular complexity index is 166. The fourth-order valence-electron chi connectivity index (χ4n) is 1.13. The number of hydrogen-bond donors (Lipinski definition) is 1. The van der Waals surface area contributed by atoms with Crippen molar-refractivity contribution >= 4 is 5.90 Å². The van der Waals surface area contributed by atoms with E-state index in [2.05, 4.69) is 18.5 Å². The molecule has 0 saturated heterocycles. The molecule has 0 fully saturated rings. The van der Waals surface area contributed by atoms with Gasteiger partial charge in [-0.2, -0.15) is 0 Å². The highest BCUT2D eigenvalue weighted by molar-refractivity contribution is 5.81. The van der Waals surface area contributed by atoms with Crippen molar-refractivity contribution in [2.24, 2.45) is 10.7 Å². The Balaban J connectivity index is 3.78. The van der Waals surface area contributed by atoms with E-state index in [1.807, 2.05) is 0 Å². The SMILES string of the molecule is C=COC(=NC)C(N)CCCCC. The molecule has 0 saturated carbocycles.